The first-order chi connectivity index (χ1) is 13.3. The molecule has 0 saturated carbocycles. The highest BCUT2D eigenvalue weighted by Gasteiger charge is 2.38. The molecule has 0 aliphatic heterocycles. The van der Waals surface area contributed by atoms with Gasteiger partial charge in [-0.2, -0.15) is 0 Å². The summed E-state index contributed by atoms with van der Waals surface area (Å²) >= 11 is 12.2. The maximum Gasteiger partial charge on any atom is 0.169 e. The van der Waals surface area contributed by atoms with Gasteiger partial charge in [0, 0.05) is 33.4 Å². The van der Waals surface area contributed by atoms with Crippen LogP contribution in [-0.4, -0.2) is 17.5 Å². The molecule has 0 bridgehead atoms. The molecule has 0 fully saturated rings. The number of aromatic nitrogens is 1. The number of hydrogen-bond donors (Lipinski definition) is 0. The third-order valence-corrected chi connectivity index (χ3v) is 5.70. The topological polar surface area (TPSA) is 31.2 Å². The Bertz CT molecular complexity index is 1050. The van der Waals surface area contributed by atoms with Gasteiger partial charge >= 0.3 is 0 Å². The first kappa shape index (κ1) is 19.1. The van der Waals surface area contributed by atoms with Gasteiger partial charge in [0.2, 0.25) is 0 Å². The van der Waals surface area contributed by atoms with Crippen LogP contribution in [0.5, 0.6) is 5.75 Å². The van der Waals surface area contributed by atoms with Crippen molar-refractivity contribution in [1.82, 2.24) is 4.57 Å². The molecule has 0 atom stereocenters. The molecule has 3 nitrogen and oxygen atoms in total. The molecule has 1 aromatic heterocycles. The fraction of sp³-hybridized carbons (Fsp3) is 0.261. The molecule has 0 N–H and O–H groups in total. The van der Waals surface area contributed by atoms with Gasteiger partial charge in [-0.1, -0.05) is 49.2 Å². The molecule has 0 unspecified atom stereocenters. The van der Waals surface area contributed by atoms with Crippen LogP contribution in [0.4, 0.5) is 0 Å². The Kier molecular flexibility index (Phi) is 4.76. The van der Waals surface area contributed by atoms with Gasteiger partial charge < -0.3 is 9.30 Å². The highest BCUT2D eigenvalue weighted by atomic mass is 35.5. The fourth-order valence-corrected chi connectivity index (χ4v) is 4.29. The first-order valence-corrected chi connectivity index (χ1v) is 9.93. The molecular weight excluding hydrogens is 393 g/mol. The molecule has 1 heterocycles. The SMILES string of the molecule is COc1c2c(n(-c3ccc(Cl)cc3)c1-c1ccc(Cl)cc1)CC(C)(C)CC2=O. The lowest BCUT2D eigenvalue weighted by molar-refractivity contribution is 0.0908. The van der Waals surface area contributed by atoms with E-state index in [1.165, 1.54) is 0 Å². The van der Waals surface area contributed by atoms with Gasteiger partial charge in [-0.15, -0.1) is 0 Å². The zero-order valence-corrected chi connectivity index (χ0v) is 17.6. The molecule has 1 aliphatic rings. The Morgan fingerprint density at radius 3 is 2.07 bits per heavy atom. The van der Waals surface area contributed by atoms with E-state index in [0.717, 1.165) is 29.1 Å². The zero-order valence-electron chi connectivity index (χ0n) is 16.1. The summed E-state index contributed by atoms with van der Waals surface area (Å²) in [6.45, 7) is 4.25. The molecule has 144 valence electrons. The summed E-state index contributed by atoms with van der Waals surface area (Å²) in [6, 6.07) is 15.2. The number of ether oxygens (including phenoxy) is 1. The fourth-order valence-electron chi connectivity index (χ4n) is 4.03. The van der Waals surface area contributed by atoms with Crippen molar-refractivity contribution >= 4 is 29.0 Å². The largest absolute Gasteiger partial charge is 0.494 e. The Balaban J connectivity index is 2.08. The quantitative estimate of drug-likeness (QED) is 0.483. The standard InChI is InChI=1S/C23H21Cl2NO2/c1-23(2)12-18-20(19(27)13-23)22(28-3)21(14-4-6-15(24)7-5-14)26(18)17-10-8-16(25)9-11-17/h4-11H,12-13H2,1-3H3. The Morgan fingerprint density at radius 2 is 1.50 bits per heavy atom. The minimum atomic E-state index is -0.116. The molecule has 0 spiro atoms. The van der Waals surface area contributed by atoms with E-state index in [1.807, 2.05) is 48.5 Å². The maximum atomic E-state index is 13.1. The van der Waals surface area contributed by atoms with Crippen molar-refractivity contribution in [3.63, 3.8) is 0 Å². The smallest absolute Gasteiger partial charge is 0.169 e. The minimum absolute atomic E-state index is 0.116. The lowest BCUT2D eigenvalue weighted by Gasteiger charge is -2.29. The van der Waals surface area contributed by atoms with Crippen molar-refractivity contribution in [2.45, 2.75) is 26.7 Å². The molecule has 1 aliphatic carbocycles. The maximum absolute atomic E-state index is 13.1. The average Bonchev–Trinajstić information content (AvgIpc) is 2.96. The number of carbonyl (C=O) groups is 1. The number of benzene rings is 2. The van der Waals surface area contributed by atoms with Gasteiger partial charge in [0.15, 0.2) is 11.5 Å². The number of methoxy groups -OCH3 is 1. The molecular formula is C23H21Cl2NO2. The van der Waals surface area contributed by atoms with Gasteiger partial charge in [0.05, 0.1) is 18.4 Å². The molecule has 28 heavy (non-hydrogen) atoms. The van der Waals surface area contributed by atoms with Crippen LogP contribution in [0.25, 0.3) is 16.9 Å². The summed E-state index contributed by atoms with van der Waals surface area (Å²) in [5.41, 5.74) is 4.29. The van der Waals surface area contributed by atoms with E-state index in [0.29, 0.717) is 27.8 Å². The summed E-state index contributed by atoms with van der Waals surface area (Å²) in [6.07, 6.45) is 1.28. The van der Waals surface area contributed by atoms with E-state index in [-0.39, 0.29) is 11.2 Å². The minimum Gasteiger partial charge on any atom is -0.494 e. The second kappa shape index (κ2) is 6.98. The Morgan fingerprint density at radius 1 is 0.929 bits per heavy atom. The predicted octanol–water partition coefficient (Wildman–Crippen LogP) is 6.61. The number of rotatable bonds is 3. The van der Waals surface area contributed by atoms with E-state index < -0.39 is 0 Å². The van der Waals surface area contributed by atoms with E-state index in [4.69, 9.17) is 27.9 Å². The molecule has 4 rings (SSSR count). The van der Waals surface area contributed by atoms with E-state index in [1.54, 1.807) is 7.11 Å². The second-order valence-corrected chi connectivity index (χ2v) is 8.84. The molecule has 0 radical (unpaired) electrons. The van der Waals surface area contributed by atoms with Gasteiger partial charge in [0.1, 0.15) is 0 Å². The van der Waals surface area contributed by atoms with Crippen LogP contribution >= 0.6 is 23.2 Å². The number of nitrogens with zero attached hydrogens (tertiary/aromatic N) is 1. The number of hydrogen-bond acceptors (Lipinski definition) is 2. The molecule has 0 saturated heterocycles. The van der Waals surface area contributed by atoms with Crippen molar-refractivity contribution < 1.29 is 9.53 Å². The van der Waals surface area contributed by atoms with Crippen molar-refractivity contribution in [2.75, 3.05) is 7.11 Å². The van der Waals surface area contributed by atoms with Crippen molar-refractivity contribution in [3.8, 4) is 22.7 Å². The highest BCUT2D eigenvalue weighted by molar-refractivity contribution is 6.30. The number of fused-ring (bicyclic) bond motifs is 1. The Hall–Kier alpha value is -2.23. The van der Waals surface area contributed by atoms with Gasteiger partial charge in [-0.05, 0) is 48.2 Å². The third kappa shape index (κ3) is 3.23. The highest BCUT2D eigenvalue weighted by Crippen LogP contribution is 2.47. The van der Waals surface area contributed by atoms with Gasteiger partial charge in [-0.3, -0.25) is 4.79 Å². The normalized spacial score (nSPS) is 15.4. The van der Waals surface area contributed by atoms with Crippen LogP contribution in [-0.2, 0) is 6.42 Å². The van der Waals surface area contributed by atoms with Crippen molar-refractivity contribution in [3.05, 3.63) is 69.8 Å². The number of carbonyl (C=O) groups excluding carboxylic acids is 1. The van der Waals surface area contributed by atoms with Crippen molar-refractivity contribution in [2.24, 2.45) is 5.41 Å². The summed E-state index contributed by atoms with van der Waals surface area (Å²) in [5, 5.41) is 1.33. The Labute approximate surface area is 174 Å². The monoisotopic (exact) mass is 413 g/mol. The molecule has 3 aromatic rings. The van der Waals surface area contributed by atoms with E-state index >= 15 is 0 Å². The van der Waals surface area contributed by atoms with E-state index in [2.05, 4.69) is 18.4 Å². The van der Waals surface area contributed by atoms with Crippen LogP contribution in [0.15, 0.2) is 48.5 Å². The van der Waals surface area contributed by atoms with Crippen LogP contribution in [0.3, 0.4) is 0 Å². The zero-order chi connectivity index (χ0) is 20.1. The average molecular weight is 414 g/mol. The van der Waals surface area contributed by atoms with E-state index in [9.17, 15) is 4.79 Å². The van der Waals surface area contributed by atoms with Crippen LogP contribution in [0.2, 0.25) is 10.0 Å². The molecule has 2 aromatic carbocycles. The second-order valence-electron chi connectivity index (χ2n) is 7.96. The number of ketones is 1. The lowest BCUT2D eigenvalue weighted by Crippen LogP contribution is -2.28. The lowest BCUT2D eigenvalue weighted by atomic mass is 9.76. The van der Waals surface area contributed by atoms with Crippen LogP contribution in [0, 0.1) is 5.41 Å². The summed E-state index contributed by atoms with van der Waals surface area (Å²) < 4.78 is 7.92. The molecule has 0 amide bonds. The van der Waals surface area contributed by atoms with Crippen molar-refractivity contribution in [1.29, 1.82) is 0 Å². The third-order valence-electron chi connectivity index (χ3n) is 5.19. The van der Waals surface area contributed by atoms with Gasteiger partial charge in [-0.25, -0.2) is 0 Å². The number of halogens is 2. The number of Topliss-reactive ketones (excluding diaryl/α,β-unsaturated/α-hetero) is 1. The van der Waals surface area contributed by atoms with Crippen LogP contribution < -0.4 is 4.74 Å². The van der Waals surface area contributed by atoms with Gasteiger partial charge in [0.25, 0.3) is 0 Å². The van der Waals surface area contributed by atoms with Crippen LogP contribution in [0.1, 0.15) is 36.3 Å². The molecule has 5 heteroatoms. The summed E-state index contributed by atoms with van der Waals surface area (Å²) in [7, 11) is 1.62. The summed E-state index contributed by atoms with van der Waals surface area (Å²) in [4.78, 5) is 13.1. The first-order valence-electron chi connectivity index (χ1n) is 9.17. The summed E-state index contributed by atoms with van der Waals surface area (Å²) in [5.74, 6) is 0.735. The predicted molar refractivity (Wildman–Crippen MR) is 114 cm³/mol.